The second-order valence-electron chi connectivity index (χ2n) is 3.08. The van der Waals surface area contributed by atoms with Crippen LogP contribution in [0.5, 0.6) is 0 Å². The molecule has 1 unspecified atom stereocenters. The van der Waals surface area contributed by atoms with E-state index in [0.29, 0.717) is 6.42 Å². The molecular weight excluding hydrogens is 195 g/mol. The normalized spacial score (nSPS) is 14.0. The van der Waals surface area contributed by atoms with E-state index in [1.807, 2.05) is 0 Å². The molecule has 0 bridgehead atoms. The monoisotopic (exact) mass is 211 g/mol. The van der Waals surface area contributed by atoms with Gasteiger partial charge in [-0.1, -0.05) is 6.08 Å². The van der Waals surface area contributed by atoms with Crippen LogP contribution in [0.3, 0.4) is 0 Å². The molecule has 14 heavy (non-hydrogen) atoms. The van der Waals surface area contributed by atoms with Gasteiger partial charge in [0.05, 0.1) is 0 Å². The Morgan fingerprint density at radius 1 is 1.36 bits per heavy atom. The molecule has 0 heterocycles. The maximum atomic E-state index is 11.6. The summed E-state index contributed by atoms with van der Waals surface area (Å²) in [5.74, 6) is 0. The fourth-order valence-electron chi connectivity index (χ4n) is 0.899. The van der Waals surface area contributed by atoms with Crippen LogP contribution in [-0.4, -0.2) is 25.4 Å². The summed E-state index contributed by atoms with van der Waals surface area (Å²) in [6, 6.07) is -0.110. The van der Waals surface area contributed by atoms with E-state index in [0.717, 1.165) is 12.8 Å². The molecule has 0 saturated heterocycles. The van der Waals surface area contributed by atoms with Crippen LogP contribution in [0.25, 0.3) is 0 Å². The highest BCUT2D eigenvalue weighted by Crippen LogP contribution is 2.14. The molecule has 2 nitrogen and oxygen atoms in total. The van der Waals surface area contributed by atoms with Crippen molar-refractivity contribution in [3.05, 3.63) is 12.7 Å². The first-order valence-electron chi connectivity index (χ1n) is 4.46. The molecule has 0 spiro atoms. The largest absolute Gasteiger partial charge is 0.411 e. The summed E-state index contributed by atoms with van der Waals surface area (Å²) in [5.41, 5.74) is 5.60. The van der Waals surface area contributed by atoms with Gasteiger partial charge in [0.2, 0.25) is 0 Å². The second kappa shape index (κ2) is 6.84. The number of hydrogen-bond acceptors (Lipinski definition) is 2. The summed E-state index contributed by atoms with van der Waals surface area (Å²) in [4.78, 5) is 0. The summed E-state index contributed by atoms with van der Waals surface area (Å²) in [7, 11) is 0. The summed E-state index contributed by atoms with van der Waals surface area (Å²) in [6.07, 6.45) is -0.551. The van der Waals surface area contributed by atoms with Gasteiger partial charge >= 0.3 is 6.18 Å². The van der Waals surface area contributed by atoms with Gasteiger partial charge < -0.3 is 10.5 Å². The van der Waals surface area contributed by atoms with Gasteiger partial charge in [0.25, 0.3) is 0 Å². The quantitative estimate of drug-likeness (QED) is 0.517. The summed E-state index contributed by atoms with van der Waals surface area (Å²) >= 11 is 0. The Morgan fingerprint density at radius 3 is 2.50 bits per heavy atom. The molecule has 0 aliphatic carbocycles. The molecule has 5 heteroatoms. The number of rotatable bonds is 7. The molecule has 0 amide bonds. The van der Waals surface area contributed by atoms with E-state index in [4.69, 9.17) is 5.73 Å². The van der Waals surface area contributed by atoms with E-state index < -0.39 is 12.8 Å². The fourth-order valence-corrected chi connectivity index (χ4v) is 0.899. The third-order valence-corrected chi connectivity index (χ3v) is 1.64. The highest BCUT2D eigenvalue weighted by molar-refractivity contribution is 4.71. The number of alkyl halides is 3. The van der Waals surface area contributed by atoms with E-state index >= 15 is 0 Å². The fraction of sp³-hybridized carbons (Fsp3) is 0.778. The van der Waals surface area contributed by atoms with Crippen molar-refractivity contribution in [1.29, 1.82) is 0 Å². The molecule has 0 aromatic carbocycles. The molecule has 0 aliphatic rings. The van der Waals surface area contributed by atoms with Crippen LogP contribution < -0.4 is 5.73 Å². The Morgan fingerprint density at radius 2 is 2.00 bits per heavy atom. The topological polar surface area (TPSA) is 35.2 Å². The van der Waals surface area contributed by atoms with Crippen LogP contribution in [0, 0.1) is 0 Å². The third kappa shape index (κ3) is 9.54. The summed E-state index contributed by atoms with van der Waals surface area (Å²) in [6.45, 7) is 2.39. The number of halogens is 3. The first-order chi connectivity index (χ1) is 6.45. The Hall–Kier alpha value is -0.550. The zero-order chi connectivity index (χ0) is 11.0. The molecule has 2 N–H and O–H groups in total. The van der Waals surface area contributed by atoms with Crippen molar-refractivity contribution in [3.63, 3.8) is 0 Å². The maximum Gasteiger partial charge on any atom is 0.411 e. The van der Waals surface area contributed by atoms with Gasteiger partial charge in [0, 0.05) is 12.6 Å². The lowest BCUT2D eigenvalue weighted by Gasteiger charge is -2.11. The van der Waals surface area contributed by atoms with Crippen molar-refractivity contribution in [3.8, 4) is 0 Å². The van der Waals surface area contributed by atoms with Gasteiger partial charge in [-0.05, 0) is 19.3 Å². The molecule has 0 aliphatic heterocycles. The molecule has 0 rings (SSSR count). The standard InChI is InChI=1S/C9H16F3NO/c1-2-3-4-8(13)5-6-14-7-9(10,11)12/h2,8H,1,3-7,13H2. The van der Waals surface area contributed by atoms with Gasteiger partial charge in [0.1, 0.15) is 6.61 Å². The van der Waals surface area contributed by atoms with Crippen molar-refractivity contribution < 1.29 is 17.9 Å². The lowest BCUT2D eigenvalue weighted by Crippen LogP contribution is -2.24. The summed E-state index contributed by atoms with van der Waals surface area (Å²) < 4.78 is 39.3. The lowest BCUT2D eigenvalue weighted by molar-refractivity contribution is -0.174. The smallest absolute Gasteiger partial charge is 0.372 e. The van der Waals surface area contributed by atoms with Crippen LogP contribution in [0.15, 0.2) is 12.7 Å². The number of allylic oxidation sites excluding steroid dienone is 1. The van der Waals surface area contributed by atoms with Gasteiger partial charge in [-0.3, -0.25) is 0 Å². The van der Waals surface area contributed by atoms with Crippen LogP contribution in [-0.2, 0) is 4.74 Å². The number of hydrogen-bond donors (Lipinski definition) is 1. The molecular formula is C9H16F3NO. The first kappa shape index (κ1) is 13.4. The zero-order valence-electron chi connectivity index (χ0n) is 8.02. The molecule has 0 saturated carbocycles. The SMILES string of the molecule is C=CCCC(N)CCOCC(F)(F)F. The van der Waals surface area contributed by atoms with Gasteiger partial charge in [0.15, 0.2) is 0 Å². The van der Waals surface area contributed by atoms with Crippen LogP contribution in [0.4, 0.5) is 13.2 Å². The van der Waals surface area contributed by atoms with E-state index in [1.165, 1.54) is 0 Å². The van der Waals surface area contributed by atoms with Crippen molar-refractivity contribution >= 4 is 0 Å². The Labute approximate surface area is 81.9 Å². The highest BCUT2D eigenvalue weighted by Gasteiger charge is 2.27. The molecule has 0 aromatic heterocycles. The zero-order valence-corrected chi connectivity index (χ0v) is 8.02. The predicted octanol–water partition coefficient (Wildman–Crippen LogP) is 2.25. The minimum absolute atomic E-state index is 0.0534. The van der Waals surface area contributed by atoms with Crippen molar-refractivity contribution in [2.75, 3.05) is 13.2 Å². The maximum absolute atomic E-state index is 11.6. The average Bonchev–Trinajstić information content (AvgIpc) is 2.07. The van der Waals surface area contributed by atoms with Crippen LogP contribution in [0.1, 0.15) is 19.3 Å². The minimum atomic E-state index is -4.24. The van der Waals surface area contributed by atoms with Gasteiger partial charge in [-0.2, -0.15) is 13.2 Å². The highest BCUT2D eigenvalue weighted by atomic mass is 19.4. The van der Waals surface area contributed by atoms with Crippen molar-refractivity contribution in [2.45, 2.75) is 31.5 Å². The Kier molecular flexibility index (Phi) is 6.57. The summed E-state index contributed by atoms with van der Waals surface area (Å²) in [5, 5.41) is 0. The van der Waals surface area contributed by atoms with Gasteiger partial charge in [-0.25, -0.2) is 0 Å². The Bertz CT molecular complexity index is 159. The number of ether oxygens (including phenoxy) is 1. The first-order valence-corrected chi connectivity index (χ1v) is 4.46. The van der Waals surface area contributed by atoms with Gasteiger partial charge in [-0.15, -0.1) is 6.58 Å². The van der Waals surface area contributed by atoms with Crippen LogP contribution >= 0.6 is 0 Å². The van der Waals surface area contributed by atoms with Crippen molar-refractivity contribution in [1.82, 2.24) is 0 Å². The van der Waals surface area contributed by atoms with Crippen LogP contribution in [0.2, 0.25) is 0 Å². The second-order valence-corrected chi connectivity index (χ2v) is 3.08. The third-order valence-electron chi connectivity index (χ3n) is 1.64. The van der Waals surface area contributed by atoms with E-state index in [9.17, 15) is 13.2 Å². The van der Waals surface area contributed by atoms with E-state index in [2.05, 4.69) is 11.3 Å². The molecule has 0 fully saturated rings. The molecule has 1 atom stereocenters. The molecule has 0 radical (unpaired) electrons. The minimum Gasteiger partial charge on any atom is -0.372 e. The lowest BCUT2D eigenvalue weighted by atomic mass is 10.1. The average molecular weight is 211 g/mol. The van der Waals surface area contributed by atoms with Crippen molar-refractivity contribution in [2.24, 2.45) is 5.73 Å². The van der Waals surface area contributed by atoms with E-state index in [1.54, 1.807) is 6.08 Å². The van der Waals surface area contributed by atoms with E-state index in [-0.39, 0.29) is 12.6 Å². The molecule has 84 valence electrons. The Balaban J connectivity index is 3.31. The number of nitrogens with two attached hydrogens (primary N) is 1. The molecule has 0 aromatic rings. The predicted molar refractivity (Wildman–Crippen MR) is 48.9 cm³/mol.